The normalized spacial score (nSPS) is 17.6. The second kappa shape index (κ2) is 7.23. The van der Waals surface area contributed by atoms with E-state index in [2.05, 4.69) is 9.97 Å². The minimum Gasteiger partial charge on any atom is -0.477 e. The van der Waals surface area contributed by atoms with Gasteiger partial charge in [0, 0.05) is 36.3 Å². The summed E-state index contributed by atoms with van der Waals surface area (Å²) in [4.78, 5) is 23.2. The average molecular weight is 331 g/mol. The topological polar surface area (TPSA) is 64.6 Å². The Bertz CT molecular complexity index is 688. The van der Waals surface area contributed by atoms with Gasteiger partial charge < -0.3 is 14.4 Å². The summed E-state index contributed by atoms with van der Waals surface area (Å²) in [7, 11) is 1.52. The molecule has 1 saturated heterocycles. The molecule has 1 aliphatic rings. The zero-order valence-electron chi connectivity index (χ0n) is 12.7. The lowest BCUT2D eigenvalue weighted by Crippen LogP contribution is -2.29. The molecule has 1 aliphatic heterocycles. The lowest BCUT2D eigenvalue weighted by molar-refractivity contribution is -0.125. The van der Waals surface area contributed by atoms with Crippen molar-refractivity contribution < 1.29 is 14.3 Å². The van der Waals surface area contributed by atoms with E-state index in [0.29, 0.717) is 24.8 Å². The molecule has 0 unspecified atom stereocenters. The minimum absolute atomic E-state index is 0.00406. The fourth-order valence-corrected chi connectivity index (χ4v) is 2.98. The Morgan fingerprint density at radius 2 is 2.22 bits per heavy atom. The summed E-state index contributed by atoms with van der Waals surface area (Å²) in [5.74, 6) is 0.717. The van der Waals surface area contributed by atoms with Crippen LogP contribution in [0.1, 0.15) is 11.3 Å². The van der Waals surface area contributed by atoms with Crippen molar-refractivity contribution in [3.63, 3.8) is 0 Å². The smallest absolute Gasteiger partial charge is 0.278 e. The number of amides is 1. The van der Waals surface area contributed by atoms with E-state index in [1.54, 1.807) is 34.7 Å². The summed E-state index contributed by atoms with van der Waals surface area (Å²) in [6.07, 6.45) is 7.22. The molecule has 7 heteroatoms. The summed E-state index contributed by atoms with van der Waals surface area (Å²) in [6, 6.07) is 3.94. The quantitative estimate of drug-likeness (QED) is 0.786. The highest BCUT2D eigenvalue weighted by molar-refractivity contribution is 7.10. The number of nitrogens with zero attached hydrogens (tertiary/aromatic N) is 3. The lowest BCUT2D eigenvalue weighted by atomic mass is 10.3. The lowest BCUT2D eigenvalue weighted by Gasteiger charge is -2.15. The van der Waals surface area contributed by atoms with Crippen molar-refractivity contribution in [2.75, 3.05) is 20.2 Å². The highest BCUT2D eigenvalue weighted by atomic mass is 32.1. The predicted molar refractivity (Wildman–Crippen MR) is 87.6 cm³/mol. The van der Waals surface area contributed by atoms with Gasteiger partial charge in [-0.3, -0.25) is 4.79 Å². The molecule has 3 heterocycles. The van der Waals surface area contributed by atoms with Crippen molar-refractivity contribution in [1.29, 1.82) is 0 Å². The van der Waals surface area contributed by atoms with E-state index in [4.69, 9.17) is 9.47 Å². The van der Waals surface area contributed by atoms with Crippen LogP contribution in [0.3, 0.4) is 0 Å². The Kier molecular flexibility index (Phi) is 4.87. The van der Waals surface area contributed by atoms with Crippen LogP contribution in [0.2, 0.25) is 0 Å². The molecule has 0 radical (unpaired) electrons. The Hall–Kier alpha value is -2.41. The third kappa shape index (κ3) is 3.87. The molecule has 120 valence electrons. The number of rotatable bonds is 5. The van der Waals surface area contributed by atoms with Crippen molar-refractivity contribution in [3.8, 4) is 11.8 Å². The zero-order chi connectivity index (χ0) is 16.1. The Morgan fingerprint density at radius 3 is 2.96 bits per heavy atom. The van der Waals surface area contributed by atoms with E-state index in [1.165, 1.54) is 7.11 Å². The Labute approximate surface area is 138 Å². The molecule has 1 atom stereocenters. The first kappa shape index (κ1) is 15.5. The summed E-state index contributed by atoms with van der Waals surface area (Å²) < 4.78 is 10.9. The first-order valence-corrected chi connectivity index (χ1v) is 8.16. The van der Waals surface area contributed by atoms with Gasteiger partial charge in [0.25, 0.3) is 11.8 Å². The van der Waals surface area contributed by atoms with Crippen LogP contribution in [0.5, 0.6) is 11.8 Å². The minimum atomic E-state index is -0.0975. The monoisotopic (exact) mass is 331 g/mol. The molecule has 0 bridgehead atoms. The Balaban J connectivity index is 1.57. The molecule has 2 aromatic heterocycles. The van der Waals surface area contributed by atoms with E-state index in [-0.39, 0.29) is 12.0 Å². The number of thiophene rings is 1. The van der Waals surface area contributed by atoms with Gasteiger partial charge in [0.15, 0.2) is 0 Å². The van der Waals surface area contributed by atoms with Crippen molar-refractivity contribution in [2.24, 2.45) is 0 Å². The van der Waals surface area contributed by atoms with Crippen LogP contribution in [-0.4, -0.2) is 47.1 Å². The number of methoxy groups -OCH3 is 1. The molecule has 3 rings (SSSR count). The second-order valence-electron chi connectivity index (χ2n) is 5.03. The number of aromatic nitrogens is 2. The number of hydrogen-bond acceptors (Lipinski definition) is 6. The van der Waals surface area contributed by atoms with Gasteiger partial charge in [-0.15, -0.1) is 11.3 Å². The number of hydrogen-bond donors (Lipinski definition) is 0. The highest BCUT2D eigenvalue weighted by Gasteiger charge is 2.27. The number of carbonyl (C=O) groups excluding carboxylic acids is 1. The van der Waals surface area contributed by atoms with Gasteiger partial charge >= 0.3 is 0 Å². The molecular formula is C16H17N3O3S. The number of carbonyl (C=O) groups is 1. The van der Waals surface area contributed by atoms with Crippen LogP contribution < -0.4 is 9.47 Å². The average Bonchev–Trinajstić information content (AvgIpc) is 3.25. The molecule has 0 saturated carbocycles. The van der Waals surface area contributed by atoms with Gasteiger partial charge in [0.05, 0.1) is 13.7 Å². The van der Waals surface area contributed by atoms with Gasteiger partial charge in [0.1, 0.15) is 6.10 Å². The van der Waals surface area contributed by atoms with E-state index >= 15 is 0 Å². The molecule has 2 aromatic rings. The maximum Gasteiger partial charge on any atom is 0.278 e. The van der Waals surface area contributed by atoms with Gasteiger partial charge in [-0.25, -0.2) is 9.97 Å². The largest absolute Gasteiger partial charge is 0.477 e. The maximum atomic E-state index is 12.2. The standard InChI is InChI=1S/C16H17N3O3S/c1-21-15-16(18-8-7-17-15)22-12-6-9-19(11-12)14(20)5-4-13-3-2-10-23-13/h2-5,7-8,10,12H,6,9,11H2,1H3/b5-4+/t12-/m1/s1. The highest BCUT2D eigenvalue weighted by Crippen LogP contribution is 2.24. The van der Waals surface area contributed by atoms with Crippen LogP contribution in [0.4, 0.5) is 0 Å². The van der Waals surface area contributed by atoms with Crippen molar-refractivity contribution in [3.05, 3.63) is 40.9 Å². The second-order valence-corrected chi connectivity index (χ2v) is 6.01. The van der Waals surface area contributed by atoms with Crippen LogP contribution in [0, 0.1) is 0 Å². The SMILES string of the molecule is COc1nccnc1O[C@@H]1CCN(C(=O)/C=C/c2cccs2)C1. The molecule has 23 heavy (non-hydrogen) atoms. The van der Waals surface area contributed by atoms with E-state index in [1.807, 2.05) is 23.6 Å². The first-order chi connectivity index (χ1) is 11.3. The molecule has 1 fully saturated rings. The van der Waals surface area contributed by atoms with Crippen molar-refractivity contribution >= 4 is 23.3 Å². The predicted octanol–water partition coefficient (Wildman–Crippen LogP) is 2.24. The molecular weight excluding hydrogens is 314 g/mol. The zero-order valence-corrected chi connectivity index (χ0v) is 13.5. The summed E-state index contributed by atoms with van der Waals surface area (Å²) in [6.45, 7) is 1.20. The van der Waals surface area contributed by atoms with Crippen LogP contribution in [0.15, 0.2) is 36.0 Å². The van der Waals surface area contributed by atoms with Crippen molar-refractivity contribution in [2.45, 2.75) is 12.5 Å². The summed E-state index contributed by atoms with van der Waals surface area (Å²) in [5, 5.41) is 1.98. The summed E-state index contributed by atoms with van der Waals surface area (Å²) in [5.41, 5.74) is 0. The first-order valence-electron chi connectivity index (χ1n) is 7.28. The third-order valence-corrected chi connectivity index (χ3v) is 4.33. The van der Waals surface area contributed by atoms with Crippen LogP contribution in [-0.2, 0) is 4.79 Å². The number of ether oxygens (including phenoxy) is 2. The van der Waals surface area contributed by atoms with Crippen LogP contribution >= 0.6 is 11.3 Å². The molecule has 0 aliphatic carbocycles. The Morgan fingerprint density at radius 1 is 1.39 bits per heavy atom. The maximum absolute atomic E-state index is 12.2. The third-order valence-electron chi connectivity index (χ3n) is 3.49. The fraction of sp³-hybridized carbons (Fsp3) is 0.312. The van der Waals surface area contributed by atoms with E-state index in [9.17, 15) is 4.79 Å². The van der Waals surface area contributed by atoms with Gasteiger partial charge in [0.2, 0.25) is 5.91 Å². The molecule has 6 nitrogen and oxygen atoms in total. The van der Waals surface area contributed by atoms with Gasteiger partial charge in [-0.2, -0.15) is 0 Å². The molecule has 0 spiro atoms. The van der Waals surface area contributed by atoms with Crippen molar-refractivity contribution in [1.82, 2.24) is 14.9 Å². The molecule has 0 N–H and O–H groups in total. The van der Waals surface area contributed by atoms with Crippen LogP contribution in [0.25, 0.3) is 6.08 Å². The molecule has 1 amide bonds. The van der Waals surface area contributed by atoms with Gasteiger partial charge in [-0.1, -0.05) is 6.07 Å². The fourth-order valence-electron chi connectivity index (χ4n) is 2.36. The van der Waals surface area contributed by atoms with E-state index in [0.717, 1.165) is 11.3 Å². The van der Waals surface area contributed by atoms with E-state index < -0.39 is 0 Å². The summed E-state index contributed by atoms with van der Waals surface area (Å²) >= 11 is 1.60. The number of likely N-dealkylation sites (tertiary alicyclic amines) is 1. The van der Waals surface area contributed by atoms with Gasteiger partial charge in [-0.05, 0) is 17.5 Å². The molecule has 0 aromatic carbocycles.